The minimum absolute atomic E-state index is 0.0314. The molecular weight excluding hydrogens is 234 g/mol. The van der Waals surface area contributed by atoms with Crippen molar-refractivity contribution in [2.45, 2.75) is 0 Å². The number of aromatic nitrogens is 2. The van der Waals surface area contributed by atoms with Gasteiger partial charge in [0.05, 0.1) is 30.4 Å². The molecular formula is C8H7N3O6. The standard InChI is InChI=1S/C8H7N3O6/c1-15-5-3-4(10(12)13)6-7(8(5)16-2)11(14)17-9-6/h3H,1-2H3. The van der Waals surface area contributed by atoms with Gasteiger partial charge >= 0.3 is 11.2 Å². The number of hydrogen-bond donors (Lipinski definition) is 0. The molecule has 0 aliphatic rings. The van der Waals surface area contributed by atoms with Gasteiger partial charge in [-0.05, 0) is 4.90 Å². The van der Waals surface area contributed by atoms with E-state index in [-0.39, 0.29) is 27.4 Å². The van der Waals surface area contributed by atoms with Crippen LogP contribution in [-0.2, 0) is 0 Å². The van der Waals surface area contributed by atoms with Crippen LogP contribution in [0, 0.1) is 15.3 Å². The Morgan fingerprint density at radius 3 is 2.71 bits per heavy atom. The van der Waals surface area contributed by atoms with E-state index in [1.807, 2.05) is 0 Å². The maximum Gasteiger partial charge on any atom is 0.330 e. The Hall–Kier alpha value is -2.58. The van der Waals surface area contributed by atoms with Crippen LogP contribution in [-0.4, -0.2) is 24.3 Å². The molecule has 90 valence electrons. The van der Waals surface area contributed by atoms with Gasteiger partial charge in [0.15, 0.2) is 5.75 Å². The molecule has 0 fully saturated rings. The first-order valence-electron chi connectivity index (χ1n) is 4.39. The monoisotopic (exact) mass is 241 g/mol. The summed E-state index contributed by atoms with van der Waals surface area (Å²) in [6.45, 7) is 0. The summed E-state index contributed by atoms with van der Waals surface area (Å²) in [4.78, 5) is 10.2. The van der Waals surface area contributed by atoms with Gasteiger partial charge in [0.1, 0.15) is 0 Å². The van der Waals surface area contributed by atoms with Gasteiger partial charge in [0.2, 0.25) is 5.75 Å². The Labute approximate surface area is 93.8 Å². The molecule has 0 N–H and O–H groups in total. The fourth-order valence-electron chi connectivity index (χ4n) is 1.47. The quantitative estimate of drug-likeness (QED) is 0.433. The van der Waals surface area contributed by atoms with Gasteiger partial charge in [0.25, 0.3) is 5.52 Å². The predicted molar refractivity (Wildman–Crippen MR) is 52.7 cm³/mol. The second-order valence-electron chi connectivity index (χ2n) is 3.02. The lowest BCUT2D eigenvalue weighted by atomic mass is 10.2. The van der Waals surface area contributed by atoms with Gasteiger partial charge in [-0.15, -0.1) is 0 Å². The van der Waals surface area contributed by atoms with Crippen molar-refractivity contribution >= 4 is 16.7 Å². The summed E-state index contributed by atoms with van der Waals surface area (Å²) in [5, 5.41) is 25.5. The van der Waals surface area contributed by atoms with Crippen molar-refractivity contribution in [1.82, 2.24) is 5.16 Å². The lowest BCUT2D eigenvalue weighted by Crippen LogP contribution is -2.23. The van der Waals surface area contributed by atoms with Crippen LogP contribution in [0.2, 0.25) is 0 Å². The van der Waals surface area contributed by atoms with E-state index in [0.29, 0.717) is 0 Å². The molecule has 0 amide bonds. The molecule has 1 aromatic heterocycles. The third-order valence-electron chi connectivity index (χ3n) is 2.18. The third-order valence-corrected chi connectivity index (χ3v) is 2.18. The number of rotatable bonds is 3. The third kappa shape index (κ3) is 1.48. The number of nitro groups is 1. The fraction of sp³-hybridized carbons (Fsp3) is 0.250. The summed E-state index contributed by atoms with van der Waals surface area (Å²) in [6, 6.07) is 1.11. The lowest BCUT2D eigenvalue weighted by molar-refractivity contribution is -0.782. The van der Waals surface area contributed by atoms with Crippen LogP contribution in [0.5, 0.6) is 11.5 Å². The highest BCUT2D eigenvalue weighted by molar-refractivity contribution is 5.89. The zero-order chi connectivity index (χ0) is 12.6. The van der Waals surface area contributed by atoms with Crippen molar-refractivity contribution in [2.75, 3.05) is 14.2 Å². The largest absolute Gasteiger partial charge is 0.492 e. The number of benzene rings is 1. The Morgan fingerprint density at radius 2 is 2.18 bits per heavy atom. The smallest absolute Gasteiger partial charge is 0.330 e. The summed E-state index contributed by atoms with van der Waals surface area (Å²) >= 11 is 0. The summed E-state index contributed by atoms with van der Waals surface area (Å²) in [5.74, 6) is 0.0869. The van der Waals surface area contributed by atoms with E-state index in [9.17, 15) is 15.3 Å². The molecule has 0 spiro atoms. The minimum Gasteiger partial charge on any atom is -0.492 e. The first-order chi connectivity index (χ1) is 8.10. The van der Waals surface area contributed by atoms with Gasteiger partial charge in [-0.2, -0.15) is 0 Å². The van der Waals surface area contributed by atoms with Crippen LogP contribution in [0.3, 0.4) is 0 Å². The van der Waals surface area contributed by atoms with Gasteiger partial charge < -0.3 is 14.7 Å². The van der Waals surface area contributed by atoms with E-state index in [1.165, 1.54) is 14.2 Å². The molecule has 17 heavy (non-hydrogen) atoms. The van der Waals surface area contributed by atoms with E-state index in [1.54, 1.807) is 0 Å². The van der Waals surface area contributed by atoms with Crippen molar-refractivity contribution in [3.05, 3.63) is 21.4 Å². The van der Waals surface area contributed by atoms with Gasteiger partial charge in [-0.25, -0.2) is 0 Å². The number of nitrogens with zero attached hydrogens (tertiary/aromatic N) is 3. The number of ether oxygens (including phenoxy) is 2. The van der Waals surface area contributed by atoms with Crippen molar-refractivity contribution in [3.63, 3.8) is 0 Å². The molecule has 0 atom stereocenters. The Kier molecular flexibility index (Phi) is 2.42. The van der Waals surface area contributed by atoms with E-state index in [0.717, 1.165) is 6.07 Å². The molecule has 9 heteroatoms. The van der Waals surface area contributed by atoms with E-state index >= 15 is 0 Å². The maximum absolute atomic E-state index is 11.3. The number of nitro benzene ring substituents is 1. The molecule has 0 saturated heterocycles. The Balaban J connectivity index is 2.92. The van der Waals surface area contributed by atoms with Crippen LogP contribution < -0.4 is 14.4 Å². The average Bonchev–Trinajstić information content (AvgIpc) is 2.69. The van der Waals surface area contributed by atoms with Crippen LogP contribution in [0.1, 0.15) is 0 Å². The van der Waals surface area contributed by atoms with E-state index in [4.69, 9.17) is 9.47 Å². The zero-order valence-corrected chi connectivity index (χ0v) is 8.87. The van der Waals surface area contributed by atoms with Crippen LogP contribution in [0.4, 0.5) is 5.69 Å². The zero-order valence-electron chi connectivity index (χ0n) is 8.87. The normalized spacial score (nSPS) is 10.5. The van der Waals surface area contributed by atoms with Crippen molar-refractivity contribution < 1.29 is 23.9 Å². The molecule has 0 aliphatic carbocycles. The molecule has 0 radical (unpaired) electrons. The number of non-ortho nitro benzene ring substituents is 1. The lowest BCUT2D eigenvalue weighted by Gasteiger charge is -2.05. The summed E-state index contributed by atoms with van der Waals surface area (Å²) in [7, 11) is 2.60. The van der Waals surface area contributed by atoms with E-state index < -0.39 is 10.6 Å². The molecule has 0 unspecified atom stereocenters. The maximum atomic E-state index is 11.3. The molecule has 9 nitrogen and oxygen atoms in total. The summed E-state index contributed by atoms with van der Waals surface area (Å²) in [5.41, 5.74) is -0.766. The number of methoxy groups -OCH3 is 2. The Morgan fingerprint density at radius 1 is 1.47 bits per heavy atom. The summed E-state index contributed by atoms with van der Waals surface area (Å²) < 4.78 is 14.2. The predicted octanol–water partition coefficient (Wildman–Crippen LogP) is 0.387. The molecule has 1 aromatic carbocycles. The van der Waals surface area contributed by atoms with E-state index in [2.05, 4.69) is 9.79 Å². The molecule has 2 aromatic rings. The highest BCUT2D eigenvalue weighted by atomic mass is 16.8. The van der Waals surface area contributed by atoms with Crippen molar-refractivity contribution in [1.29, 1.82) is 0 Å². The van der Waals surface area contributed by atoms with Crippen LogP contribution in [0.25, 0.3) is 11.0 Å². The topological polar surface area (TPSA) is 115 Å². The summed E-state index contributed by atoms with van der Waals surface area (Å²) in [6.07, 6.45) is 0. The molecule has 2 rings (SSSR count). The van der Waals surface area contributed by atoms with Gasteiger partial charge in [0, 0.05) is 0 Å². The van der Waals surface area contributed by atoms with Crippen LogP contribution >= 0.6 is 0 Å². The molecule has 1 heterocycles. The Bertz CT molecular complexity index is 592. The highest BCUT2D eigenvalue weighted by Gasteiger charge is 2.30. The number of fused-ring (bicyclic) bond motifs is 1. The van der Waals surface area contributed by atoms with Crippen molar-refractivity contribution in [3.8, 4) is 11.5 Å². The van der Waals surface area contributed by atoms with Crippen LogP contribution in [0.15, 0.2) is 10.7 Å². The van der Waals surface area contributed by atoms with Gasteiger partial charge in [-0.3, -0.25) is 14.7 Å². The fourth-order valence-corrected chi connectivity index (χ4v) is 1.47. The minimum atomic E-state index is -0.688. The first kappa shape index (κ1) is 10.9. The van der Waals surface area contributed by atoms with Crippen molar-refractivity contribution in [2.24, 2.45) is 0 Å². The van der Waals surface area contributed by atoms with Gasteiger partial charge in [-0.1, -0.05) is 0 Å². The highest BCUT2D eigenvalue weighted by Crippen LogP contribution is 2.38. The second-order valence-corrected chi connectivity index (χ2v) is 3.02. The first-order valence-corrected chi connectivity index (χ1v) is 4.39. The molecule has 0 aliphatic heterocycles. The average molecular weight is 241 g/mol. The molecule has 0 bridgehead atoms. The number of hydrogen-bond acceptors (Lipinski definition) is 7. The molecule has 0 saturated carbocycles. The SMILES string of the molecule is COc1cc([N+](=O)[O-])c2no[n+]([O-])c2c1OC. The second kappa shape index (κ2) is 3.77.